The summed E-state index contributed by atoms with van der Waals surface area (Å²) >= 11 is 1.83. The van der Waals surface area contributed by atoms with Crippen LogP contribution in [0.3, 0.4) is 0 Å². The van der Waals surface area contributed by atoms with Gasteiger partial charge < -0.3 is 9.64 Å². The molecule has 0 aromatic rings. The second kappa shape index (κ2) is 7.99. The summed E-state index contributed by atoms with van der Waals surface area (Å²) in [5, 5.41) is 0. The summed E-state index contributed by atoms with van der Waals surface area (Å²) in [5.41, 5.74) is 0. The van der Waals surface area contributed by atoms with Gasteiger partial charge >= 0.3 is 5.97 Å². The molecule has 0 aliphatic rings. The van der Waals surface area contributed by atoms with Crippen molar-refractivity contribution in [2.75, 3.05) is 32.2 Å². The second-order valence-electron chi connectivity index (χ2n) is 3.90. The molecule has 0 radical (unpaired) electrons. The van der Waals surface area contributed by atoms with Gasteiger partial charge in [-0.05, 0) is 27.2 Å². The van der Waals surface area contributed by atoms with Crippen LogP contribution in [0.1, 0.15) is 20.8 Å². The summed E-state index contributed by atoms with van der Waals surface area (Å²) < 4.78 is 4.97. The molecule has 0 N–H and O–H groups in total. The van der Waals surface area contributed by atoms with E-state index in [1.165, 1.54) is 0 Å². The van der Waals surface area contributed by atoms with Gasteiger partial charge in [0.15, 0.2) is 0 Å². The average molecular weight is 233 g/mol. The first-order chi connectivity index (χ1) is 7.02. The molecule has 0 amide bonds. The third-order valence-electron chi connectivity index (χ3n) is 2.41. The van der Waals surface area contributed by atoms with Crippen molar-refractivity contribution in [3.8, 4) is 0 Å². The number of hydrogen-bond acceptors (Lipinski definition) is 4. The normalized spacial score (nSPS) is 15.1. The zero-order valence-corrected chi connectivity index (χ0v) is 11.3. The summed E-state index contributed by atoms with van der Waals surface area (Å²) in [7, 11) is 2.05. The topological polar surface area (TPSA) is 29.5 Å². The lowest BCUT2D eigenvalue weighted by Gasteiger charge is -2.26. The molecule has 15 heavy (non-hydrogen) atoms. The van der Waals surface area contributed by atoms with Crippen molar-refractivity contribution in [2.24, 2.45) is 5.92 Å². The van der Waals surface area contributed by atoms with Crippen LogP contribution in [0.15, 0.2) is 0 Å². The first-order valence-electron chi connectivity index (χ1n) is 5.38. The number of hydrogen-bond donors (Lipinski definition) is 0. The van der Waals surface area contributed by atoms with Crippen LogP contribution >= 0.6 is 11.8 Å². The predicted molar refractivity (Wildman–Crippen MR) is 66.3 cm³/mol. The number of ether oxygens (including phenoxy) is 1. The van der Waals surface area contributed by atoms with Crippen molar-refractivity contribution >= 4 is 17.7 Å². The van der Waals surface area contributed by atoms with Crippen LogP contribution in [0.2, 0.25) is 0 Å². The molecular formula is C11H23NO2S. The Bertz CT molecular complexity index is 187. The molecule has 0 saturated heterocycles. The third-order valence-corrected chi connectivity index (χ3v) is 3.23. The van der Waals surface area contributed by atoms with Gasteiger partial charge in [0.2, 0.25) is 0 Å². The van der Waals surface area contributed by atoms with E-state index >= 15 is 0 Å². The maximum absolute atomic E-state index is 11.4. The SMILES string of the molecule is CCOC(=O)C(C)CN(C)C(C)CSC. The monoisotopic (exact) mass is 233 g/mol. The molecule has 0 saturated carbocycles. The average Bonchev–Trinajstić information content (AvgIpc) is 2.18. The number of thioether (sulfide) groups is 1. The van der Waals surface area contributed by atoms with Crippen LogP contribution in [0, 0.1) is 5.92 Å². The lowest BCUT2D eigenvalue weighted by Crippen LogP contribution is -2.37. The van der Waals surface area contributed by atoms with E-state index < -0.39 is 0 Å². The summed E-state index contributed by atoms with van der Waals surface area (Å²) in [6.45, 7) is 7.16. The maximum Gasteiger partial charge on any atom is 0.309 e. The first-order valence-corrected chi connectivity index (χ1v) is 6.78. The zero-order valence-electron chi connectivity index (χ0n) is 10.4. The van der Waals surface area contributed by atoms with Crippen LogP contribution < -0.4 is 0 Å². The number of rotatable bonds is 7. The Kier molecular flexibility index (Phi) is 7.88. The Balaban J connectivity index is 3.93. The molecular weight excluding hydrogens is 210 g/mol. The quantitative estimate of drug-likeness (QED) is 0.628. The van der Waals surface area contributed by atoms with E-state index in [1.807, 2.05) is 25.6 Å². The Morgan fingerprint density at radius 2 is 2.07 bits per heavy atom. The standard InChI is InChI=1S/C11H23NO2S/c1-6-14-11(13)9(2)7-12(4)10(3)8-15-5/h9-10H,6-8H2,1-5H3. The summed E-state index contributed by atoms with van der Waals surface area (Å²) in [6.07, 6.45) is 2.10. The minimum absolute atomic E-state index is 0.0424. The van der Waals surface area contributed by atoms with Crippen molar-refractivity contribution in [3.05, 3.63) is 0 Å². The molecule has 0 aromatic heterocycles. The minimum atomic E-state index is -0.0966. The molecule has 0 rings (SSSR count). The van der Waals surface area contributed by atoms with Gasteiger partial charge in [0, 0.05) is 18.3 Å². The van der Waals surface area contributed by atoms with Gasteiger partial charge in [-0.15, -0.1) is 0 Å². The second-order valence-corrected chi connectivity index (χ2v) is 4.81. The Morgan fingerprint density at radius 1 is 1.47 bits per heavy atom. The largest absolute Gasteiger partial charge is 0.466 e. The number of carbonyl (C=O) groups is 1. The summed E-state index contributed by atoms with van der Waals surface area (Å²) in [4.78, 5) is 13.6. The van der Waals surface area contributed by atoms with Crippen LogP contribution in [0.4, 0.5) is 0 Å². The summed E-state index contributed by atoms with van der Waals surface area (Å²) in [6, 6.07) is 0.497. The van der Waals surface area contributed by atoms with Gasteiger partial charge in [-0.25, -0.2) is 0 Å². The Morgan fingerprint density at radius 3 is 2.53 bits per heavy atom. The zero-order chi connectivity index (χ0) is 11.8. The molecule has 0 aliphatic carbocycles. The Labute approximate surface area is 97.5 Å². The molecule has 0 aliphatic heterocycles. The van der Waals surface area contributed by atoms with E-state index in [2.05, 4.69) is 25.1 Å². The van der Waals surface area contributed by atoms with Gasteiger partial charge in [-0.2, -0.15) is 11.8 Å². The molecule has 2 unspecified atom stereocenters. The highest BCUT2D eigenvalue weighted by molar-refractivity contribution is 7.98. The molecule has 0 bridgehead atoms. The predicted octanol–water partition coefficient (Wildman–Crippen LogP) is 1.87. The number of esters is 1. The van der Waals surface area contributed by atoms with Crippen LogP contribution in [-0.4, -0.2) is 49.1 Å². The molecule has 0 fully saturated rings. The lowest BCUT2D eigenvalue weighted by atomic mass is 10.1. The molecule has 2 atom stereocenters. The minimum Gasteiger partial charge on any atom is -0.466 e. The highest BCUT2D eigenvalue weighted by Crippen LogP contribution is 2.08. The lowest BCUT2D eigenvalue weighted by molar-refractivity contribution is -0.148. The first kappa shape index (κ1) is 14.8. The van der Waals surface area contributed by atoms with Crippen LogP contribution in [-0.2, 0) is 9.53 Å². The van der Waals surface area contributed by atoms with Crippen LogP contribution in [0.25, 0.3) is 0 Å². The highest BCUT2D eigenvalue weighted by atomic mass is 32.2. The van der Waals surface area contributed by atoms with Crippen molar-refractivity contribution in [3.63, 3.8) is 0 Å². The fraction of sp³-hybridized carbons (Fsp3) is 0.909. The van der Waals surface area contributed by atoms with E-state index in [0.717, 1.165) is 12.3 Å². The molecule has 0 aromatic carbocycles. The number of carbonyl (C=O) groups excluding carboxylic acids is 1. The summed E-state index contributed by atoms with van der Waals surface area (Å²) in [5.74, 6) is 0.950. The van der Waals surface area contributed by atoms with Gasteiger partial charge in [0.25, 0.3) is 0 Å². The molecule has 0 heterocycles. The van der Waals surface area contributed by atoms with Gasteiger partial charge in [0.1, 0.15) is 0 Å². The number of nitrogens with zero attached hydrogens (tertiary/aromatic N) is 1. The van der Waals surface area contributed by atoms with Crippen LogP contribution in [0.5, 0.6) is 0 Å². The fourth-order valence-corrected chi connectivity index (χ4v) is 2.08. The highest BCUT2D eigenvalue weighted by Gasteiger charge is 2.18. The third kappa shape index (κ3) is 6.05. The molecule has 3 nitrogen and oxygen atoms in total. The molecule has 90 valence electrons. The van der Waals surface area contributed by atoms with E-state index in [4.69, 9.17) is 4.74 Å². The Hall–Kier alpha value is -0.220. The van der Waals surface area contributed by atoms with E-state index in [0.29, 0.717) is 12.6 Å². The smallest absolute Gasteiger partial charge is 0.309 e. The maximum atomic E-state index is 11.4. The van der Waals surface area contributed by atoms with Gasteiger partial charge in [-0.3, -0.25) is 4.79 Å². The van der Waals surface area contributed by atoms with E-state index in [-0.39, 0.29) is 11.9 Å². The van der Waals surface area contributed by atoms with Crippen molar-refractivity contribution < 1.29 is 9.53 Å². The van der Waals surface area contributed by atoms with Crippen molar-refractivity contribution in [2.45, 2.75) is 26.8 Å². The van der Waals surface area contributed by atoms with Crippen molar-refractivity contribution in [1.29, 1.82) is 0 Å². The molecule has 4 heteroatoms. The van der Waals surface area contributed by atoms with Gasteiger partial charge in [0.05, 0.1) is 12.5 Å². The molecule has 0 spiro atoms. The van der Waals surface area contributed by atoms with E-state index in [1.54, 1.807) is 0 Å². The van der Waals surface area contributed by atoms with Gasteiger partial charge in [-0.1, -0.05) is 6.92 Å². The fourth-order valence-electron chi connectivity index (χ4n) is 1.34. The van der Waals surface area contributed by atoms with Crippen molar-refractivity contribution in [1.82, 2.24) is 4.90 Å². The van der Waals surface area contributed by atoms with E-state index in [9.17, 15) is 4.79 Å².